The van der Waals surface area contributed by atoms with Gasteiger partial charge in [0.15, 0.2) is 0 Å². The van der Waals surface area contributed by atoms with E-state index in [0.717, 1.165) is 16.4 Å². The van der Waals surface area contributed by atoms with Gasteiger partial charge in [-0.05, 0) is 30.7 Å². The van der Waals surface area contributed by atoms with Gasteiger partial charge < -0.3 is 4.74 Å². The Morgan fingerprint density at radius 1 is 1.24 bits per heavy atom. The van der Waals surface area contributed by atoms with Gasteiger partial charge in [-0.15, -0.1) is 13.2 Å². The minimum Gasteiger partial charge on any atom is -0.406 e. The number of ether oxygens (including phenoxy) is 1. The Bertz CT molecular complexity index is 730. The summed E-state index contributed by atoms with van der Waals surface area (Å²) in [6.07, 6.45) is -2.09. The van der Waals surface area contributed by atoms with Crippen LogP contribution in [0.3, 0.4) is 0 Å². The predicted molar refractivity (Wildman–Crippen MR) is 72.4 cm³/mol. The largest absolute Gasteiger partial charge is 0.573 e. The lowest BCUT2D eigenvalue weighted by atomic mass is 10.2. The van der Waals surface area contributed by atoms with E-state index in [9.17, 15) is 13.2 Å². The van der Waals surface area contributed by atoms with Gasteiger partial charge in [-0.25, -0.2) is 9.50 Å². The van der Waals surface area contributed by atoms with Crippen LogP contribution in [0.1, 0.15) is 11.9 Å². The molecule has 2 aromatic heterocycles. The van der Waals surface area contributed by atoms with E-state index in [1.807, 2.05) is 6.92 Å². The van der Waals surface area contributed by atoms with Gasteiger partial charge in [-0.1, -0.05) is 18.3 Å². The molecule has 110 valence electrons. The molecule has 0 saturated carbocycles. The third-order valence-electron chi connectivity index (χ3n) is 2.77. The molecule has 3 aromatic rings. The molecule has 0 amide bonds. The normalized spacial score (nSPS) is 12.0. The molecule has 0 bridgehead atoms. The molecule has 0 aliphatic carbocycles. The van der Waals surface area contributed by atoms with Crippen molar-refractivity contribution in [2.45, 2.75) is 19.7 Å². The fourth-order valence-corrected chi connectivity index (χ4v) is 2.67. The minimum absolute atomic E-state index is 0.251. The van der Waals surface area contributed by atoms with Crippen LogP contribution in [0.2, 0.25) is 0 Å². The molecule has 0 unspecified atom stereocenters. The number of halogens is 3. The van der Waals surface area contributed by atoms with Crippen LogP contribution < -0.4 is 4.74 Å². The molecule has 2 heterocycles. The Labute approximate surface area is 121 Å². The van der Waals surface area contributed by atoms with Crippen molar-refractivity contribution in [1.82, 2.24) is 14.6 Å². The number of fused-ring (bicyclic) bond motifs is 1. The van der Waals surface area contributed by atoms with Gasteiger partial charge in [-0.2, -0.15) is 5.10 Å². The van der Waals surface area contributed by atoms with Gasteiger partial charge in [-0.3, -0.25) is 0 Å². The summed E-state index contributed by atoms with van der Waals surface area (Å²) in [6, 6.07) is 5.60. The molecule has 0 spiro atoms. The molecular weight excluding hydrogens is 303 g/mol. The summed E-state index contributed by atoms with van der Waals surface area (Å²) >= 11 is 1.49. The maximum atomic E-state index is 12.1. The maximum Gasteiger partial charge on any atom is 0.573 e. The van der Waals surface area contributed by atoms with Crippen molar-refractivity contribution in [3.05, 3.63) is 35.5 Å². The monoisotopic (exact) mass is 313 g/mol. The van der Waals surface area contributed by atoms with E-state index in [1.54, 1.807) is 10.7 Å². The van der Waals surface area contributed by atoms with E-state index in [2.05, 4.69) is 14.8 Å². The zero-order valence-electron chi connectivity index (χ0n) is 10.9. The molecule has 0 fully saturated rings. The van der Waals surface area contributed by atoms with Crippen LogP contribution in [0.4, 0.5) is 13.2 Å². The topological polar surface area (TPSA) is 39.4 Å². The van der Waals surface area contributed by atoms with Gasteiger partial charge in [0.2, 0.25) is 4.96 Å². The number of imidazole rings is 1. The Kier molecular flexibility index (Phi) is 3.32. The third-order valence-corrected chi connectivity index (χ3v) is 3.84. The smallest absolute Gasteiger partial charge is 0.406 e. The number of rotatable bonds is 3. The Balaban J connectivity index is 1.86. The molecule has 0 atom stereocenters. The lowest BCUT2D eigenvalue weighted by Gasteiger charge is -2.08. The molecule has 3 rings (SSSR count). The molecule has 0 saturated heterocycles. The van der Waals surface area contributed by atoms with Crippen LogP contribution >= 0.6 is 11.3 Å². The first-order chi connectivity index (χ1) is 9.94. The van der Waals surface area contributed by atoms with Crippen molar-refractivity contribution >= 4 is 16.3 Å². The second-order valence-electron chi connectivity index (χ2n) is 4.27. The van der Waals surface area contributed by atoms with Crippen LogP contribution in [0.25, 0.3) is 16.2 Å². The van der Waals surface area contributed by atoms with Crippen LogP contribution in [-0.4, -0.2) is 21.0 Å². The summed E-state index contributed by atoms with van der Waals surface area (Å²) in [7, 11) is 0. The van der Waals surface area contributed by atoms with Gasteiger partial charge in [0.1, 0.15) is 10.8 Å². The number of alkyl halides is 3. The van der Waals surface area contributed by atoms with Crippen molar-refractivity contribution in [3.8, 4) is 17.0 Å². The Hall–Kier alpha value is -2.09. The van der Waals surface area contributed by atoms with Gasteiger partial charge in [0.05, 0.1) is 11.9 Å². The average Bonchev–Trinajstić information content (AvgIpc) is 2.95. The SMILES string of the molecule is CCc1nn2cc(-c3ccc(OC(F)(F)F)cc3)nc2s1. The highest BCUT2D eigenvalue weighted by Gasteiger charge is 2.30. The van der Waals surface area contributed by atoms with Gasteiger partial charge in [0.25, 0.3) is 0 Å². The number of aromatic nitrogens is 3. The quantitative estimate of drug-likeness (QED) is 0.736. The fourth-order valence-electron chi connectivity index (χ4n) is 1.85. The van der Waals surface area contributed by atoms with E-state index >= 15 is 0 Å². The molecule has 4 nitrogen and oxygen atoms in total. The zero-order chi connectivity index (χ0) is 15.0. The average molecular weight is 313 g/mol. The van der Waals surface area contributed by atoms with E-state index in [0.29, 0.717) is 11.3 Å². The van der Waals surface area contributed by atoms with Gasteiger partial charge in [0, 0.05) is 5.56 Å². The van der Waals surface area contributed by atoms with Crippen molar-refractivity contribution in [3.63, 3.8) is 0 Å². The number of benzene rings is 1. The highest BCUT2D eigenvalue weighted by Crippen LogP contribution is 2.27. The van der Waals surface area contributed by atoms with E-state index < -0.39 is 6.36 Å². The second-order valence-corrected chi connectivity index (χ2v) is 5.32. The zero-order valence-corrected chi connectivity index (χ0v) is 11.7. The van der Waals surface area contributed by atoms with Crippen molar-refractivity contribution in [1.29, 1.82) is 0 Å². The molecule has 0 aliphatic rings. The first-order valence-corrected chi connectivity index (χ1v) is 6.97. The highest BCUT2D eigenvalue weighted by molar-refractivity contribution is 7.16. The Morgan fingerprint density at radius 3 is 2.52 bits per heavy atom. The molecule has 0 aliphatic heterocycles. The lowest BCUT2D eigenvalue weighted by molar-refractivity contribution is -0.274. The van der Waals surface area contributed by atoms with E-state index in [-0.39, 0.29) is 5.75 Å². The van der Waals surface area contributed by atoms with Crippen LogP contribution in [0.5, 0.6) is 5.75 Å². The number of hydrogen-bond donors (Lipinski definition) is 0. The van der Waals surface area contributed by atoms with Crippen molar-refractivity contribution in [2.24, 2.45) is 0 Å². The summed E-state index contributed by atoms with van der Waals surface area (Å²) in [5, 5.41) is 5.33. The third kappa shape index (κ3) is 2.99. The number of nitrogens with zero attached hydrogens (tertiary/aromatic N) is 3. The molecule has 1 aromatic carbocycles. The lowest BCUT2D eigenvalue weighted by Crippen LogP contribution is -2.16. The van der Waals surface area contributed by atoms with E-state index in [1.165, 1.54) is 35.6 Å². The number of aryl methyl sites for hydroxylation is 1. The first-order valence-electron chi connectivity index (χ1n) is 6.16. The van der Waals surface area contributed by atoms with Gasteiger partial charge >= 0.3 is 6.36 Å². The van der Waals surface area contributed by atoms with Crippen LogP contribution in [0, 0.1) is 0 Å². The van der Waals surface area contributed by atoms with Crippen molar-refractivity contribution < 1.29 is 17.9 Å². The summed E-state index contributed by atoms with van der Waals surface area (Å²) in [5.74, 6) is -0.251. The molecular formula is C13H10F3N3OS. The summed E-state index contributed by atoms with van der Waals surface area (Å²) in [5.41, 5.74) is 1.37. The summed E-state index contributed by atoms with van der Waals surface area (Å²) in [4.78, 5) is 5.17. The summed E-state index contributed by atoms with van der Waals surface area (Å²) in [6.45, 7) is 2.01. The van der Waals surface area contributed by atoms with Crippen LogP contribution in [-0.2, 0) is 6.42 Å². The highest BCUT2D eigenvalue weighted by atomic mass is 32.1. The molecule has 8 heteroatoms. The first kappa shape index (κ1) is 13.9. The van der Waals surface area contributed by atoms with Crippen LogP contribution in [0.15, 0.2) is 30.5 Å². The molecule has 0 radical (unpaired) electrons. The second kappa shape index (κ2) is 5.03. The van der Waals surface area contributed by atoms with E-state index in [4.69, 9.17) is 0 Å². The predicted octanol–water partition coefficient (Wildman–Crippen LogP) is 3.92. The Morgan fingerprint density at radius 2 is 1.95 bits per heavy atom. The molecule has 21 heavy (non-hydrogen) atoms. The van der Waals surface area contributed by atoms with Crippen molar-refractivity contribution in [2.75, 3.05) is 0 Å². The summed E-state index contributed by atoms with van der Waals surface area (Å²) < 4.78 is 41.8. The molecule has 0 N–H and O–H groups in total. The fraction of sp³-hybridized carbons (Fsp3) is 0.231. The maximum absolute atomic E-state index is 12.1. The standard InChI is InChI=1S/C13H10F3N3OS/c1-2-11-18-19-7-10(17-12(19)21-11)8-3-5-9(6-4-8)20-13(14,15)16/h3-7H,2H2,1H3. The number of hydrogen-bond acceptors (Lipinski definition) is 4. The minimum atomic E-state index is -4.68.